The van der Waals surface area contributed by atoms with Gasteiger partial charge in [0.2, 0.25) is 0 Å². The first-order chi connectivity index (χ1) is 13.3. The van der Waals surface area contributed by atoms with Crippen molar-refractivity contribution in [2.75, 3.05) is 7.11 Å². The van der Waals surface area contributed by atoms with E-state index in [4.69, 9.17) is 21.4 Å². The molecule has 1 aromatic heterocycles. The summed E-state index contributed by atoms with van der Waals surface area (Å²) in [6.07, 6.45) is 2.18. The minimum atomic E-state index is -1.68. The third-order valence-corrected chi connectivity index (χ3v) is 4.49. The number of ether oxygens (including phenoxy) is 1. The van der Waals surface area contributed by atoms with Gasteiger partial charge in [-0.1, -0.05) is 23.7 Å². The van der Waals surface area contributed by atoms with Crippen molar-refractivity contribution in [3.8, 4) is 5.75 Å². The van der Waals surface area contributed by atoms with Crippen LogP contribution in [0.3, 0.4) is 0 Å². The van der Waals surface area contributed by atoms with Crippen LogP contribution in [0.25, 0.3) is 16.7 Å². The number of aliphatic hydroxyl groups is 1. The lowest BCUT2D eigenvalue weighted by molar-refractivity contribution is -0.146. The zero-order valence-corrected chi connectivity index (χ0v) is 15.4. The van der Waals surface area contributed by atoms with E-state index in [0.717, 1.165) is 0 Å². The molecule has 0 aliphatic rings. The molecule has 8 heteroatoms. The van der Waals surface area contributed by atoms with Gasteiger partial charge >= 0.3 is 5.97 Å². The second-order valence-corrected chi connectivity index (χ2v) is 6.38. The predicted molar refractivity (Wildman–Crippen MR) is 102 cm³/mol. The van der Waals surface area contributed by atoms with Crippen molar-refractivity contribution >= 4 is 40.0 Å². The van der Waals surface area contributed by atoms with Crippen LogP contribution in [0.5, 0.6) is 5.75 Å². The molecule has 0 spiro atoms. The van der Waals surface area contributed by atoms with E-state index < -0.39 is 23.3 Å². The van der Waals surface area contributed by atoms with Crippen molar-refractivity contribution in [2.45, 2.75) is 6.54 Å². The van der Waals surface area contributed by atoms with Gasteiger partial charge in [-0.3, -0.25) is 4.79 Å². The summed E-state index contributed by atoms with van der Waals surface area (Å²) in [5.41, 5.74) is 1.49. The van der Waals surface area contributed by atoms with Crippen LogP contribution in [0.15, 0.2) is 48.7 Å². The monoisotopic (exact) mass is 403 g/mol. The third kappa shape index (κ3) is 3.70. The highest BCUT2D eigenvalue weighted by atomic mass is 35.5. The third-order valence-electron chi connectivity index (χ3n) is 4.18. The molecule has 6 nitrogen and oxygen atoms in total. The molecule has 2 aromatic carbocycles. The van der Waals surface area contributed by atoms with Crippen molar-refractivity contribution < 1.29 is 28.9 Å². The number of benzene rings is 2. The Morgan fingerprint density at radius 3 is 2.64 bits per heavy atom. The number of hydrogen-bond donors (Lipinski definition) is 2. The van der Waals surface area contributed by atoms with Crippen molar-refractivity contribution in [2.24, 2.45) is 0 Å². The van der Waals surface area contributed by atoms with Gasteiger partial charge in [0.15, 0.2) is 0 Å². The number of aliphatic hydroxyl groups excluding tert-OH is 1. The first kappa shape index (κ1) is 19.4. The van der Waals surface area contributed by atoms with E-state index in [0.29, 0.717) is 28.3 Å². The summed E-state index contributed by atoms with van der Waals surface area (Å²) < 4.78 is 20.8. The van der Waals surface area contributed by atoms with Gasteiger partial charge in [0, 0.05) is 24.4 Å². The van der Waals surface area contributed by atoms with Gasteiger partial charge in [-0.05, 0) is 29.8 Å². The number of rotatable bonds is 6. The molecule has 0 unspecified atom stereocenters. The van der Waals surface area contributed by atoms with E-state index in [1.165, 1.54) is 19.2 Å². The van der Waals surface area contributed by atoms with Gasteiger partial charge in [0.25, 0.3) is 5.78 Å². The molecular weight excluding hydrogens is 389 g/mol. The predicted octanol–water partition coefficient (Wildman–Crippen LogP) is 4.04. The second kappa shape index (κ2) is 7.74. The molecule has 3 rings (SSSR count). The first-order valence-corrected chi connectivity index (χ1v) is 8.47. The quantitative estimate of drug-likeness (QED) is 0.368. The maximum Gasteiger partial charge on any atom is 0.376 e. The Balaban J connectivity index is 2.15. The summed E-state index contributed by atoms with van der Waals surface area (Å²) >= 11 is 5.72. The van der Waals surface area contributed by atoms with E-state index in [1.807, 2.05) is 0 Å². The number of methoxy groups -OCH3 is 1. The Morgan fingerprint density at radius 1 is 1.25 bits per heavy atom. The maximum atomic E-state index is 13.8. The van der Waals surface area contributed by atoms with Crippen LogP contribution >= 0.6 is 11.6 Å². The van der Waals surface area contributed by atoms with Gasteiger partial charge in [0.05, 0.1) is 23.0 Å². The van der Waals surface area contributed by atoms with E-state index in [-0.39, 0.29) is 17.1 Å². The average molecular weight is 404 g/mol. The molecule has 0 atom stereocenters. The zero-order valence-electron chi connectivity index (χ0n) is 14.6. The largest absolute Gasteiger partial charge is 0.507 e. The van der Waals surface area contributed by atoms with Crippen LogP contribution in [0.1, 0.15) is 11.1 Å². The molecule has 0 bridgehead atoms. The number of aromatic nitrogens is 1. The highest BCUT2D eigenvalue weighted by Crippen LogP contribution is 2.34. The van der Waals surface area contributed by atoms with E-state index in [2.05, 4.69) is 0 Å². The van der Waals surface area contributed by atoms with Crippen molar-refractivity contribution in [1.82, 2.24) is 4.57 Å². The molecule has 1 heterocycles. The van der Waals surface area contributed by atoms with Crippen molar-refractivity contribution in [3.05, 3.63) is 70.6 Å². The number of ketones is 1. The molecule has 144 valence electrons. The Morgan fingerprint density at radius 2 is 2.00 bits per heavy atom. The van der Waals surface area contributed by atoms with Crippen LogP contribution in [0, 0.1) is 5.82 Å². The standard InChI is InChI=1S/C20H15ClFNO5/c1-28-18-4-2-3-15-19(18)12(16(24)8-17(25)20(26)27)10-23(15)9-11-5-6-13(21)14(22)7-11/h2-8,10,24H,9H2,1H3,(H,26,27). The van der Waals surface area contributed by atoms with Crippen LogP contribution < -0.4 is 4.74 Å². The summed E-state index contributed by atoms with van der Waals surface area (Å²) in [5, 5.41) is 19.6. The lowest BCUT2D eigenvalue weighted by Crippen LogP contribution is -2.09. The summed E-state index contributed by atoms with van der Waals surface area (Å²) in [6, 6.07) is 9.60. The van der Waals surface area contributed by atoms with Gasteiger partial charge in [-0.15, -0.1) is 0 Å². The highest BCUT2D eigenvalue weighted by molar-refractivity contribution is 6.38. The maximum absolute atomic E-state index is 13.8. The minimum absolute atomic E-state index is 0.0104. The number of hydrogen-bond acceptors (Lipinski definition) is 4. The van der Waals surface area contributed by atoms with Crippen molar-refractivity contribution in [1.29, 1.82) is 0 Å². The van der Waals surface area contributed by atoms with Crippen LogP contribution in [-0.4, -0.2) is 33.6 Å². The molecular formula is C20H15ClFNO5. The number of carbonyl (C=O) groups excluding carboxylic acids is 1. The smallest absolute Gasteiger partial charge is 0.376 e. The summed E-state index contributed by atoms with van der Waals surface area (Å²) in [7, 11) is 1.45. The summed E-state index contributed by atoms with van der Waals surface area (Å²) in [6.45, 7) is 0.248. The lowest BCUT2D eigenvalue weighted by atomic mass is 10.1. The fourth-order valence-electron chi connectivity index (χ4n) is 2.91. The molecule has 28 heavy (non-hydrogen) atoms. The number of carboxylic acid groups (broad SMARTS) is 1. The van der Waals surface area contributed by atoms with Crippen LogP contribution in [-0.2, 0) is 16.1 Å². The van der Waals surface area contributed by atoms with E-state index >= 15 is 0 Å². The van der Waals surface area contributed by atoms with Crippen LogP contribution in [0.4, 0.5) is 4.39 Å². The normalized spacial score (nSPS) is 11.6. The van der Waals surface area contributed by atoms with Gasteiger partial charge in [-0.2, -0.15) is 0 Å². The Kier molecular flexibility index (Phi) is 5.37. The van der Waals surface area contributed by atoms with E-state index in [9.17, 15) is 19.1 Å². The minimum Gasteiger partial charge on any atom is -0.507 e. The average Bonchev–Trinajstić information content (AvgIpc) is 3.03. The van der Waals surface area contributed by atoms with E-state index in [1.54, 1.807) is 35.0 Å². The Labute approximate surface area is 164 Å². The number of nitrogens with zero attached hydrogens (tertiary/aromatic N) is 1. The molecule has 0 saturated heterocycles. The number of halogens is 2. The molecule has 0 aliphatic carbocycles. The zero-order chi connectivity index (χ0) is 20.4. The fraction of sp³-hybridized carbons (Fsp3) is 0.100. The number of carbonyl (C=O) groups is 2. The molecule has 0 amide bonds. The molecule has 2 N–H and O–H groups in total. The second-order valence-electron chi connectivity index (χ2n) is 5.97. The Bertz CT molecular complexity index is 1120. The topological polar surface area (TPSA) is 88.8 Å². The summed E-state index contributed by atoms with van der Waals surface area (Å²) in [4.78, 5) is 22.2. The van der Waals surface area contributed by atoms with Gasteiger partial charge in [-0.25, -0.2) is 9.18 Å². The Hall–Kier alpha value is -3.32. The van der Waals surface area contributed by atoms with Gasteiger partial charge < -0.3 is 19.5 Å². The number of carboxylic acids is 1. The van der Waals surface area contributed by atoms with Crippen LogP contribution in [0.2, 0.25) is 5.02 Å². The SMILES string of the molecule is COc1cccc2c1c(C(O)=CC(=O)C(=O)O)cn2Cc1ccc(Cl)c(F)c1. The van der Waals surface area contributed by atoms with Gasteiger partial charge in [0.1, 0.15) is 17.3 Å². The highest BCUT2D eigenvalue weighted by Gasteiger charge is 2.18. The first-order valence-electron chi connectivity index (χ1n) is 8.10. The summed E-state index contributed by atoms with van der Waals surface area (Å²) in [5.74, 6) is -3.57. The number of fused-ring (bicyclic) bond motifs is 1. The molecule has 0 aliphatic heterocycles. The fourth-order valence-corrected chi connectivity index (χ4v) is 3.03. The molecule has 0 radical (unpaired) electrons. The molecule has 3 aromatic rings. The molecule has 0 saturated carbocycles. The number of aliphatic carboxylic acids is 1. The lowest BCUT2D eigenvalue weighted by Gasteiger charge is -2.07. The molecule has 0 fully saturated rings. The van der Waals surface area contributed by atoms with Crippen molar-refractivity contribution in [3.63, 3.8) is 0 Å².